The average Bonchev–Trinajstić information content (AvgIpc) is 2.32. The van der Waals surface area contributed by atoms with Crippen LogP contribution in [-0.4, -0.2) is 33.4 Å². The molecule has 17 heavy (non-hydrogen) atoms. The van der Waals surface area contributed by atoms with Crippen LogP contribution < -0.4 is 10.6 Å². The zero-order valence-electron chi connectivity index (χ0n) is 9.93. The van der Waals surface area contributed by atoms with Crippen molar-refractivity contribution in [2.24, 2.45) is 0 Å². The van der Waals surface area contributed by atoms with Gasteiger partial charge < -0.3 is 15.4 Å². The van der Waals surface area contributed by atoms with Crippen molar-refractivity contribution >= 4 is 17.3 Å². The molecule has 0 amide bonds. The molecule has 0 atom stereocenters. The van der Waals surface area contributed by atoms with E-state index in [2.05, 4.69) is 10.6 Å². The van der Waals surface area contributed by atoms with Gasteiger partial charge in [0.15, 0.2) is 0 Å². The summed E-state index contributed by atoms with van der Waals surface area (Å²) in [4.78, 5) is 0. The maximum Gasteiger partial charge on any atom is 0.141 e. The molecule has 1 rings (SSSR count). The normalized spacial score (nSPS) is 10.5. The van der Waals surface area contributed by atoms with Crippen molar-refractivity contribution < 1.29 is 9.13 Å². The molecule has 0 radical (unpaired) electrons. The summed E-state index contributed by atoms with van der Waals surface area (Å²) < 4.78 is 17.8. The van der Waals surface area contributed by atoms with Gasteiger partial charge in [-0.05, 0) is 31.2 Å². The number of hydrogen-bond donors (Lipinski definition) is 2. The van der Waals surface area contributed by atoms with Gasteiger partial charge in [-0.15, -0.1) is 0 Å². The first-order valence-corrected chi connectivity index (χ1v) is 6.00. The van der Waals surface area contributed by atoms with E-state index in [4.69, 9.17) is 16.3 Å². The van der Waals surface area contributed by atoms with Gasteiger partial charge in [0, 0.05) is 32.5 Å². The number of benzene rings is 1. The van der Waals surface area contributed by atoms with Gasteiger partial charge in [-0.3, -0.25) is 0 Å². The minimum Gasteiger partial charge on any atom is -0.385 e. The van der Waals surface area contributed by atoms with E-state index in [1.54, 1.807) is 19.2 Å². The van der Waals surface area contributed by atoms with Crippen LogP contribution in [0.5, 0.6) is 0 Å². The second-order valence-electron chi connectivity index (χ2n) is 3.65. The fraction of sp³-hybridized carbons (Fsp3) is 0.500. The van der Waals surface area contributed by atoms with Gasteiger partial charge in [-0.25, -0.2) is 4.39 Å². The Balaban J connectivity index is 2.11. The topological polar surface area (TPSA) is 33.3 Å². The van der Waals surface area contributed by atoms with E-state index in [0.29, 0.717) is 0 Å². The van der Waals surface area contributed by atoms with Crippen molar-refractivity contribution in [2.75, 3.05) is 38.7 Å². The lowest BCUT2D eigenvalue weighted by atomic mass is 10.3. The average molecular weight is 261 g/mol. The molecular weight excluding hydrogens is 243 g/mol. The van der Waals surface area contributed by atoms with Crippen LogP contribution in [-0.2, 0) is 4.74 Å². The van der Waals surface area contributed by atoms with Crippen LogP contribution in [0.2, 0.25) is 5.02 Å². The number of hydrogen-bond acceptors (Lipinski definition) is 3. The molecule has 0 aliphatic heterocycles. The highest BCUT2D eigenvalue weighted by molar-refractivity contribution is 6.31. The Morgan fingerprint density at radius 1 is 1.29 bits per heavy atom. The molecule has 5 heteroatoms. The van der Waals surface area contributed by atoms with Crippen LogP contribution >= 0.6 is 11.6 Å². The molecule has 0 aliphatic rings. The van der Waals surface area contributed by atoms with Gasteiger partial charge in [-0.1, -0.05) is 11.6 Å². The summed E-state index contributed by atoms with van der Waals surface area (Å²) >= 11 is 5.67. The minimum atomic E-state index is -0.394. The molecule has 2 N–H and O–H groups in total. The first-order valence-electron chi connectivity index (χ1n) is 5.62. The van der Waals surface area contributed by atoms with E-state index in [1.165, 1.54) is 6.07 Å². The van der Waals surface area contributed by atoms with Gasteiger partial charge in [0.1, 0.15) is 5.82 Å². The summed E-state index contributed by atoms with van der Waals surface area (Å²) in [7, 11) is 1.69. The SMILES string of the molecule is COCCCNCCNc1ccc(F)c(Cl)c1. The number of anilines is 1. The van der Waals surface area contributed by atoms with E-state index < -0.39 is 5.82 Å². The summed E-state index contributed by atoms with van der Waals surface area (Å²) in [5.74, 6) is -0.394. The summed E-state index contributed by atoms with van der Waals surface area (Å²) in [6, 6.07) is 4.62. The molecule has 1 aromatic carbocycles. The molecule has 0 spiro atoms. The fourth-order valence-electron chi connectivity index (χ4n) is 1.37. The van der Waals surface area contributed by atoms with Gasteiger partial charge >= 0.3 is 0 Å². The van der Waals surface area contributed by atoms with E-state index in [-0.39, 0.29) is 5.02 Å². The number of rotatable bonds is 8. The van der Waals surface area contributed by atoms with Crippen molar-refractivity contribution in [1.82, 2.24) is 5.32 Å². The Kier molecular flexibility index (Phi) is 6.93. The fourth-order valence-corrected chi connectivity index (χ4v) is 1.55. The largest absolute Gasteiger partial charge is 0.385 e. The highest BCUT2D eigenvalue weighted by Gasteiger charge is 1.99. The van der Waals surface area contributed by atoms with Gasteiger partial charge in [0.2, 0.25) is 0 Å². The zero-order valence-corrected chi connectivity index (χ0v) is 10.7. The predicted octanol–water partition coefficient (Wildman–Crippen LogP) is 2.52. The summed E-state index contributed by atoms with van der Waals surface area (Å²) in [5, 5.41) is 6.57. The van der Waals surface area contributed by atoms with E-state index >= 15 is 0 Å². The molecule has 0 saturated heterocycles. The molecule has 0 aliphatic carbocycles. The first kappa shape index (κ1) is 14.2. The van der Waals surface area contributed by atoms with Crippen molar-refractivity contribution in [3.63, 3.8) is 0 Å². The van der Waals surface area contributed by atoms with Crippen LogP contribution in [0.15, 0.2) is 18.2 Å². The Labute approximate surface area is 106 Å². The van der Waals surface area contributed by atoms with Crippen molar-refractivity contribution in [2.45, 2.75) is 6.42 Å². The second kappa shape index (κ2) is 8.28. The lowest BCUT2D eigenvalue weighted by molar-refractivity contribution is 0.194. The Hall–Kier alpha value is -0.840. The lowest BCUT2D eigenvalue weighted by Gasteiger charge is -2.08. The van der Waals surface area contributed by atoms with Crippen molar-refractivity contribution in [3.05, 3.63) is 29.0 Å². The highest BCUT2D eigenvalue weighted by atomic mass is 35.5. The quantitative estimate of drug-likeness (QED) is 0.705. The third-order valence-corrected chi connectivity index (χ3v) is 2.54. The smallest absolute Gasteiger partial charge is 0.141 e. The van der Waals surface area contributed by atoms with Crippen LogP contribution in [0.25, 0.3) is 0 Å². The zero-order chi connectivity index (χ0) is 12.5. The van der Waals surface area contributed by atoms with E-state index in [1.807, 2.05) is 0 Å². The molecule has 96 valence electrons. The highest BCUT2D eigenvalue weighted by Crippen LogP contribution is 2.18. The Morgan fingerprint density at radius 3 is 2.82 bits per heavy atom. The molecule has 1 aromatic rings. The van der Waals surface area contributed by atoms with Gasteiger partial charge in [0.05, 0.1) is 5.02 Å². The molecule has 3 nitrogen and oxygen atoms in total. The van der Waals surface area contributed by atoms with E-state index in [0.717, 1.165) is 38.3 Å². The van der Waals surface area contributed by atoms with Crippen LogP contribution in [0.3, 0.4) is 0 Å². The number of halogens is 2. The second-order valence-corrected chi connectivity index (χ2v) is 4.06. The number of methoxy groups -OCH3 is 1. The van der Waals surface area contributed by atoms with Gasteiger partial charge in [-0.2, -0.15) is 0 Å². The minimum absolute atomic E-state index is 0.142. The van der Waals surface area contributed by atoms with Crippen LogP contribution in [0, 0.1) is 5.82 Å². The van der Waals surface area contributed by atoms with Crippen molar-refractivity contribution in [3.8, 4) is 0 Å². The van der Waals surface area contributed by atoms with E-state index in [9.17, 15) is 4.39 Å². The predicted molar refractivity (Wildman–Crippen MR) is 69.3 cm³/mol. The van der Waals surface area contributed by atoms with Crippen LogP contribution in [0.1, 0.15) is 6.42 Å². The number of nitrogens with one attached hydrogen (secondary N) is 2. The summed E-state index contributed by atoms with van der Waals surface area (Å²) in [6.07, 6.45) is 0.999. The Morgan fingerprint density at radius 2 is 2.12 bits per heavy atom. The molecular formula is C12H18ClFN2O. The maximum absolute atomic E-state index is 12.9. The summed E-state index contributed by atoms with van der Waals surface area (Å²) in [6.45, 7) is 3.32. The molecule has 0 bridgehead atoms. The summed E-state index contributed by atoms with van der Waals surface area (Å²) in [5.41, 5.74) is 0.829. The van der Waals surface area contributed by atoms with Crippen LogP contribution in [0.4, 0.5) is 10.1 Å². The number of ether oxygens (including phenoxy) is 1. The van der Waals surface area contributed by atoms with Gasteiger partial charge in [0.25, 0.3) is 0 Å². The maximum atomic E-state index is 12.9. The molecule has 0 aromatic heterocycles. The molecule has 0 heterocycles. The molecule has 0 saturated carbocycles. The lowest BCUT2D eigenvalue weighted by Crippen LogP contribution is -2.23. The third kappa shape index (κ3) is 5.86. The Bertz CT molecular complexity index is 336. The third-order valence-electron chi connectivity index (χ3n) is 2.25. The first-order chi connectivity index (χ1) is 8.24. The molecule has 0 unspecified atom stereocenters. The molecule has 0 fully saturated rings. The monoisotopic (exact) mass is 260 g/mol. The standard InChI is InChI=1S/C12H18ClFN2O/c1-17-8-2-5-15-6-7-16-10-3-4-12(14)11(13)9-10/h3-4,9,15-16H,2,5-8H2,1H3. The van der Waals surface area contributed by atoms with Crippen molar-refractivity contribution in [1.29, 1.82) is 0 Å².